The summed E-state index contributed by atoms with van der Waals surface area (Å²) in [6, 6.07) is 6.38. The number of carbonyl (C=O) groups excluding carboxylic acids is 2. The summed E-state index contributed by atoms with van der Waals surface area (Å²) >= 11 is 5.88. The molecule has 134 valence electrons. The Morgan fingerprint density at radius 2 is 1.85 bits per heavy atom. The van der Waals surface area contributed by atoms with Crippen molar-refractivity contribution in [2.45, 2.75) is 33.7 Å². The Kier molecular flexibility index (Phi) is 4.73. The average Bonchev–Trinajstić information content (AvgIpc) is 3.19. The van der Waals surface area contributed by atoms with E-state index in [4.69, 9.17) is 11.6 Å². The molecule has 0 aliphatic heterocycles. The zero-order chi connectivity index (χ0) is 19.0. The fourth-order valence-electron chi connectivity index (χ4n) is 2.94. The van der Waals surface area contributed by atoms with Crippen LogP contribution in [0.1, 0.15) is 52.0 Å². The van der Waals surface area contributed by atoms with Crippen LogP contribution in [0.2, 0.25) is 5.02 Å². The van der Waals surface area contributed by atoms with Crippen molar-refractivity contribution in [2.24, 2.45) is 0 Å². The fourth-order valence-corrected chi connectivity index (χ4v) is 3.07. The Morgan fingerprint density at radius 1 is 1.19 bits per heavy atom. The minimum Gasteiger partial charge on any atom is -0.355 e. The molecule has 8 heteroatoms. The Hall–Kier alpha value is -2.80. The van der Waals surface area contributed by atoms with Gasteiger partial charge in [0.15, 0.2) is 5.78 Å². The number of halogens is 1. The third kappa shape index (κ3) is 3.17. The van der Waals surface area contributed by atoms with E-state index >= 15 is 0 Å². The number of H-pyrrole nitrogens is 1. The lowest BCUT2D eigenvalue weighted by Crippen LogP contribution is -2.20. The second-order valence-corrected chi connectivity index (χ2v) is 6.60. The molecular weight excluding hydrogens is 354 g/mol. The molecular formula is C18H18ClN5O2. The number of carbonyl (C=O) groups is 2. The van der Waals surface area contributed by atoms with Gasteiger partial charge >= 0.3 is 0 Å². The van der Waals surface area contributed by atoms with E-state index in [1.165, 1.54) is 11.7 Å². The van der Waals surface area contributed by atoms with Gasteiger partial charge in [0.25, 0.3) is 0 Å². The molecule has 0 aliphatic carbocycles. The Balaban J connectivity index is 1.89. The van der Waals surface area contributed by atoms with Crippen molar-refractivity contribution in [2.75, 3.05) is 0 Å². The molecule has 0 amide bonds. The van der Waals surface area contributed by atoms with Gasteiger partial charge in [-0.25, -0.2) is 0 Å². The van der Waals surface area contributed by atoms with E-state index < -0.39 is 6.04 Å². The summed E-state index contributed by atoms with van der Waals surface area (Å²) in [5, 5.41) is 12.9. The summed E-state index contributed by atoms with van der Waals surface area (Å²) < 4.78 is 0. The van der Waals surface area contributed by atoms with Gasteiger partial charge in [-0.3, -0.25) is 9.59 Å². The molecule has 0 spiro atoms. The predicted molar refractivity (Wildman–Crippen MR) is 97.6 cm³/mol. The first-order chi connectivity index (χ1) is 12.3. The van der Waals surface area contributed by atoms with Crippen LogP contribution in [0.4, 0.5) is 0 Å². The van der Waals surface area contributed by atoms with Crippen LogP contribution in [0.25, 0.3) is 11.4 Å². The summed E-state index contributed by atoms with van der Waals surface area (Å²) in [6.07, 6.45) is 0. The van der Waals surface area contributed by atoms with E-state index in [2.05, 4.69) is 20.4 Å². The second-order valence-electron chi connectivity index (χ2n) is 6.16. The number of Topliss-reactive ketones (excluding diaryl/α,β-unsaturated/α-hetero) is 2. The SMILES string of the molecule is CC(=O)c1c(C)[nH]c(C(=O)[C@@H](C)n2nnc(-c3ccc(Cl)cc3)n2)c1C. The normalized spacial score (nSPS) is 12.2. The zero-order valence-corrected chi connectivity index (χ0v) is 15.6. The highest BCUT2D eigenvalue weighted by atomic mass is 35.5. The number of benzene rings is 1. The van der Waals surface area contributed by atoms with E-state index in [-0.39, 0.29) is 11.6 Å². The number of hydrogen-bond donors (Lipinski definition) is 1. The van der Waals surface area contributed by atoms with E-state index in [1.807, 2.05) is 0 Å². The van der Waals surface area contributed by atoms with E-state index in [9.17, 15) is 9.59 Å². The summed E-state index contributed by atoms with van der Waals surface area (Å²) in [5.74, 6) is 0.121. The summed E-state index contributed by atoms with van der Waals surface area (Å²) in [7, 11) is 0. The maximum absolute atomic E-state index is 12.9. The molecule has 0 fully saturated rings. The molecule has 26 heavy (non-hydrogen) atoms. The van der Waals surface area contributed by atoms with Crippen molar-refractivity contribution < 1.29 is 9.59 Å². The van der Waals surface area contributed by atoms with Crippen LogP contribution in [-0.4, -0.2) is 36.8 Å². The van der Waals surface area contributed by atoms with Gasteiger partial charge in [0.2, 0.25) is 11.6 Å². The van der Waals surface area contributed by atoms with Crippen molar-refractivity contribution in [3.63, 3.8) is 0 Å². The minimum atomic E-state index is -0.667. The quantitative estimate of drug-likeness (QED) is 0.692. The first-order valence-corrected chi connectivity index (χ1v) is 8.47. The molecule has 1 N–H and O–H groups in total. The molecule has 1 aromatic carbocycles. The highest BCUT2D eigenvalue weighted by molar-refractivity contribution is 6.30. The first kappa shape index (κ1) is 18.0. The molecule has 7 nitrogen and oxygen atoms in total. The number of aromatic nitrogens is 5. The Bertz CT molecular complexity index is 988. The molecule has 0 unspecified atom stereocenters. The number of tetrazole rings is 1. The van der Waals surface area contributed by atoms with Gasteiger partial charge in [0.1, 0.15) is 6.04 Å². The van der Waals surface area contributed by atoms with E-state index in [0.29, 0.717) is 33.4 Å². The van der Waals surface area contributed by atoms with Crippen LogP contribution in [0.15, 0.2) is 24.3 Å². The zero-order valence-electron chi connectivity index (χ0n) is 14.9. The summed E-state index contributed by atoms with van der Waals surface area (Å²) in [6.45, 7) is 6.71. The minimum absolute atomic E-state index is 0.0770. The van der Waals surface area contributed by atoms with Gasteiger partial charge in [-0.15, -0.1) is 10.2 Å². The van der Waals surface area contributed by atoms with Gasteiger partial charge in [-0.1, -0.05) is 11.6 Å². The first-order valence-electron chi connectivity index (χ1n) is 8.09. The third-order valence-corrected chi connectivity index (χ3v) is 4.54. The highest BCUT2D eigenvalue weighted by Crippen LogP contribution is 2.23. The lowest BCUT2D eigenvalue weighted by atomic mass is 10.0. The van der Waals surface area contributed by atoms with Crippen molar-refractivity contribution in [1.29, 1.82) is 0 Å². The number of nitrogens with one attached hydrogen (secondary N) is 1. The second kappa shape index (κ2) is 6.84. The maximum Gasteiger partial charge on any atom is 0.205 e. The summed E-state index contributed by atoms with van der Waals surface area (Å²) in [4.78, 5) is 28.9. The van der Waals surface area contributed by atoms with Crippen molar-refractivity contribution >= 4 is 23.2 Å². The van der Waals surface area contributed by atoms with Gasteiger partial charge in [0, 0.05) is 21.8 Å². The van der Waals surface area contributed by atoms with E-state index in [1.54, 1.807) is 45.0 Å². The van der Waals surface area contributed by atoms with Crippen LogP contribution in [-0.2, 0) is 0 Å². The molecule has 0 radical (unpaired) electrons. The average molecular weight is 372 g/mol. The van der Waals surface area contributed by atoms with E-state index in [0.717, 1.165) is 5.56 Å². The molecule has 2 aromatic heterocycles. The van der Waals surface area contributed by atoms with Gasteiger partial charge in [-0.05, 0) is 62.7 Å². The van der Waals surface area contributed by atoms with Crippen molar-refractivity contribution in [3.8, 4) is 11.4 Å². The van der Waals surface area contributed by atoms with Gasteiger partial charge < -0.3 is 4.98 Å². The molecule has 1 atom stereocenters. The molecule has 2 heterocycles. The Morgan fingerprint density at radius 3 is 2.42 bits per heavy atom. The number of hydrogen-bond acceptors (Lipinski definition) is 5. The standard InChI is InChI=1S/C18H18ClN5O2/c1-9-15(12(4)25)10(2)20-16(9)17(26)11(3)24-22-18(21-23-24)13-5-7-14(19)8-6-13/h5-8,11,20H,1-4H3/t11-/m1/s1. The number of aromatic amines is 1. The molecule has 0 saturated heterocycles. The fraction of sp³-hybridized carbons (Fsp3) is 0.278. The van der Waals surface area contributed by atoms with Crippen molar-refractivity contribution in [1.82, 2.24) is 25.2 Å². The number of nitrogens with zero attached hydrogens (tertiary/aromatic N) is 4. The van der Waals surface area contributed by atoms with Crippen LogP contribution in [0.3, 0.4) is 0 Å². The van der Waals surface area contributed by atoms with Crippen molar-refractivity contribution in [3.05, 3.63) is 51.8 Å². The van der Waals surface area contributed by atoms with Crippen LogP contribution < -0.4 is 0 Å². The molecule has 3 aromatic rings. The lowest BCUT2D eigenvalue weighted by Gasteiger charge is -2.08. The summed E-state index contributed by atoms with van der Waals surface area (Å²) in [5.41, 5.74) is 3.02. The molecule has 0 saturated carbocycles. The lowest BCUT2D eigenvalue weighted by molar-refractivity contribution is 0.0912. The third-order valence-electron chi connectivity index (χ3n) is 4.29. The van der Waals surface area contributed by atoms with Gasteiger partial charge in [0.05, 0.1) is 5.69 Å². The smallest absolute Gasteiger partial charge is 0.205 e. The predicted octanol–water partition coefficient (Wildman–Crippen LogP) is 3.58. The van der Waals surface area contributed by atoms with Gasteiger partial charge in [-0.2, -0.15) is 4.80 Å². The highest BCUT2D eigenvalue weighted by Gasteiger charge is 2.26. The number of rotatable bonds is 5. The number of aryl methyl sites for hydroxylation is 1. The van der Waals surface area contributed by atoms with Crippen LogP contribution in [0.5, 0.6) is 0 Å². The van der Waals surface area contributed by atoms with Crippen LogP contribution >= 0.6 is 11.6 Å². The van der Waals surface area contributed by atoms with Crippen LogP contribution in [0, 0.1) is 13.8 Å². The number of ketones is 2. The molecule has 3 rings (SSSR count). The topological polar surface area (TPSA) is 93.5 Å². The maximum atomic E-state index is 12.9. The monoisotopic (exact) mass is 371 g/mol. The Labute approximate surface area is 155 Å². The largest absolute Gasteiger partial charge is 0.355 e. The molecule has 0 aliphatic rings. The molecule has 0 bridgehead atoms.